The minimum atomic E-state index is -0.199. The van der Waals surface area contributed by atoms with Gasteiger partial charge in [0.1, 0.15) is 6.10 Å². The van der Waals surface area contributed by atoms with Gasteiger partial charge in [-0.25, -0.2) is 4.79 Å². The molecule has 1 aliphatic rings. The Labute approximate surface area is 87.6 Å². The molecule has 74 valence electrons. The fourth-order valence-electron chi connectivity index (χ4n) is 1.19. The molecule has 0 unspecified atom stereocenters. The van der Waals surface area contributed by atoms with Crippen molar-refractivity contribution in [3.05, 3.63) is 35.4 Å². The summed E-state index contributed by atoms with van der Waals surface area (Å²) in [5, 5.41) is 0. The lowest BCUT2D eigenvalue weighted by Gasteiger charge is -2.24. The lowest BCUT2D eigenvalue weighted by atomic mass is 10.1. The van der Waals surface area contributed by atoms with Crippen LogP contribution in [0.3, 0.4) is 0 Å². The molecule has 0 radical (unpaired) electrons. The van der Waals surface area contributed by atoms with E-state index in [0.717, 1.165) is 17.1 Å². The molecular formula is C11H12O2S. The number of aryl methyl sites for hydroxylation is 1. The van der Waals surface area contributed by atoms with Crippen molar-refractivity contribution in [3.8, 4) is 0 Å². The van der Waals surface area contributed by atoms with Crippen molar-refractivity contribution in [2.45, 2.75) is 13.0 Å². The van der Waals surface area contributed by atoms with E-state index in [2.05, 4.69) is 0 Å². The van der Waals surface area contributed by atoms with Crippen molar-refractivity contribution < 1.29 is 9.53 Å². The van der Waals surface area contributed by atoms with Crippen LogP contribution in [0.4, 0.5) is 0 Å². The number of rotatable bonds is 2. The number of carbonyl (C=O) groups is 1. The molecule has 14 heavy (non-hydrogen) atoms. The molecule has 0 atom stereocenters. The fraction of sp³-hybridized carbons (Fsp3) is 0.364. The predicted octanol–water partition coefficient (Wildman–Crippen LogP) is 2.27. The molecule has 0 N–H and O–H groups in total. The smallest absolute Gasteiger partial charge is 0.338 e. The third kappa shape index (κ3) is 2.10. The molecule has 2 rings (SSSR count). The molecular weight excluding hydrogens is 196 g/mol. The second kappa shape index (κ2) is 4.05. The van der Waals surface area contributed by atoms with Gasteiger partial charge in [-0.1, -0.05) is 17.7 Å². The Kier molecular flexibility index (Phi) is 2.77. The number of thioether (sulfide) groups is 1. The van der Waals surface area contributed by atoms with Crippen molar-refractivity contribution in [2.24, 2.45) is 0 Å². The van der Waals surface area contributed by atoms with Gasteiger partial charge in [-0.2, -0.15) is 11.8 Å². The highest BCUT2D eigenvalue weighted by atomic mass is 32.2. The molecule has 0 saturated carbocycles. The summed E-state index contributed by atoms with van der Waals surface area (Å²) in [6.45, 7) is 2.00. The highest BCUT2D eigenvalue weighted by Gasteiger charge is 2.22. The van der Waals surface area contributed by atoms with Gasteiger partial charge < -0.3 is 4.74 Å². The largest absolute Gasteiger partial charge is 0.457 e. The molecule has 1 aliphatic heterocycles. The summed E-state index contributed by atoms with van der Waals surface area (Å²) < 4.78 is 5.25. The highest BCUT2D eigenvalue weighted by Crippen LogP contribution is 2.21. The van der Waals surface area contributed by atoms with E-state index in [4.69, 9.17) is 4.74 Å². The highest BCUT2D eigenvalue weighted by molar-refractivity contribution is 8.00. The lowest BCUT2D eigenvalue weighted by molar-refractivity contribution is 0.0375. The Morgan fingerprint density at radius 2 is 2.00 bits per heavy atom. The molecule has 0 bridgehead atoms. The van der Waals surface area contributed by atoms with Gasteiger partial charge in [0.25, 0.3) is 0 Å². The quantitative estimate of drug-likeness (QED) is 0.697. The summed E-state index contributed by atoms with van der Waals surface area (Å²) in [6.07, 6.45) is 0.133. The minimum Gasteiger partial charge on any atom is -0.457 e. The maximum atomic E-state index is 11.5. The van der Waals surface area contributed by atoms with E-state index in [1.54, 1.807) is 0 Å². The molecule has 3 heteroatoms. The molecule has 0 aliphatic carbocycles. The molecule has 0 amide bonds. The van der Waals surface area contributed by atoms with Gasteiger partial charge in [0.15, 0.2) is 0 Å². The number of benzene rings is 1. The molecule has 2 nitrogen and oxygen atoms in total. The summed E-state index contributed by atoms with van der Waals surface area (Å²) in [5.74, 6) is 1.69. The molecule has 0 aromatic heterocycles. The summed E-state index contributed by atoms with van der Waals surface area (Å²) in [7, 11) is 0. The van der Waals surface area contributed by atoms with Crippen LogP contribution in [0.5, 0.6) is 0 Å². The molecule has 1 aromatic carbocycles. The maximum Gasteiger partial charge on any atom is 0.338 e. The normalized spacial score (nSPS) is 16.1. The van der Waals surface area contributed by atoms with Gasteiger partial charge in [0.05, 0.1) is 5.56 Å². The number of hydrogen-bond donors (Lipinski definition) is 0. The van der Waals surface area contributed by atoms with Crippen molar-refractivity contribution >= 4 is 17.7 Å². The Morgan fingerprint density at radius 3 is 2.50 bits per heavy atom. The van der Waals surface area contributed by atoms with Crippen LogP contribution >= 0.6 is 11.8 Å². The van der Waals surface area contributed by atoms with Gasteiger partial charge in [-0.15, -0.1) is 0 Å². The first-order valence-electron chi connectivity index (χ1n) is 4.61. The lowest BCUT2D eigenvalue weighted by Crippen LogP contribution is -2.30. The molecule has 1 aromatic rings. The average Bonchev–Trinajstić information content (AvgIpc) is 2.12. The zero-order valence-corrected chi connectivity index (χ0v) is 8.84. The van der Waals surface area contributed by atoms with E-state index in [-0.39, 0.29) is 12.1 Å². The average molecular weight is 208 g/mol. The zero-order valence-electron chi connectivity index (χ0n) is 8.03. The second-order valence-corrected chi connectivity index (χ2v) is 4.51. The van der Waals surface area contributed by atoms with Crippen molar-refractivity contribution in [1.82, 2.24) is 0 Å². The van der Waals surface area contributed by atoms with E-state index >= 15 is 0 Å². The summed E-state index contributed by atoms with van der Waals surface area (Å²) in [4.78, 5) is 11.5. The van der Waals surface area contributed by atoms with Gasteiger partial charge >= 0.3 is 5.97 Å². The summed E-state index contributed by atoms with van der Waals surface area (Å²) in [5.41, 5.74) is 1.80. The Balaban J connectivity index is 1.99. The van der Waals surface area contributed by atoms with Gasteiger partial charge in [-0.3, -0.25) is 0 Å². The summed E-state index contributed by atoms with van der Waals surface area (Å²) in [6, 6.07) is 7.46. The maximum absolute atomic E-state index is 11.5. The van der Waals surface area contributed by atoms with Crippen LogP contribution in [-0.4, -0.2) is 23.6 Å². The van der Waals surface area contributed by atoms with Crippen LogP contribution in [0.2, 0.25) is 0 Å². The molecule has 0 spiro atoms. The van der Waals surface area contributed by atoms with E-state index in [1.165, 1.54) is 0 Å². The SMILES string of the molecule is Cc1ccc(C(=O)OC2CSC2)cc1. The minimum absolute atomic E-state index is 0.133. The third-order valence-corrected chi connectivity index (χ3v) is 3.38. The standard InChI is InChI=1S/C11H12O2S/c1-8-2-4-9(5-3-8)11(12)13-10-6-14-7-10/h2-5,10H,6-7H2,1H3. The number of hydrogen-bond acceptors (Lipinski definition) is 3. The topological polar surface area (TPSA) is 26.3 Å². The van der Waals surface area contributed by atoms with E-state index in [9.17, 15) is 4.79 Å². The van der Waals surface area contributed by atoms with Gasteiger partial charge in [-0.05, 0) is 19.1 Å². The molecule has 1 fully saturated rings. The molecule has 1 saturated heterocycles. The van der Waals surface area contributed by atoms with Gasteiger partial charge in [0.2, 0.25) is 0 Å². The van der Waals surface area contributed by atoms with Crippen molar-refractivity contribution in [2.75, 3.05) is 11.5 Å². The molecule has 1 heterocycles. The number of ether oxygens (including phenoxy) is 1. The first-order valence-corrected chi connectivity index (χ1v) is 5.76. The Morgan fingerprint density at radius 1 is 1.36 bits per heavy atom. The van der Waals surface area contributed by atoms with E-state index in [1.807, 2.05) is 43.0 Å². The van der Waals surface area contributed by atoms with E-state index in [0.29, 0.717) is 5.56 Å². The van der Waals surface area contributed by atoms with Crippen LogP contribution in [0.15, 0.2) is 24.3 Å². The van der Waals surface area contributed by atoms with Crippen LogP contribution in [0, 0.1) is 6.92 Å². The fourth-order valence-corrected chi connectivity index (χ4v) is 1.76. The van der Waals surface area contributed by atoms with Crippen LogP contribution in [-0.2, 0) is 4.74 Å². The second-order valence-electron chi connectivity index (χ2n) is 3.43. The zero-order chi connectivity index (χ0) is 9.97. The summed E-state index contributed by atoms with van der Waals surface area (Å²) >= 11 is 1.81. The Bertz CT molecular complexity index is 328. The number of esters is 1. The number of carbonyl (C=O) groups excluding carboxylic acids is 1. The first kappa shape index (κ1) is 9.59. The monoisotopic (exact) mass is 208 g/mol. The van der Waals surface area contributed by atoms with Crippen LogP contribution in [0.25, 0.3) is 0 Å². The third-order valence-electron chi connectivity index (χ3n) is 2.17. The van der Waals surface area contributed by atoms with Crippen molar-refractivity contribution in [1.29, 1.82) is 0 Å². The Hall–Kier alpha value is -0.960. The van der Waals surface area contributed by atoms with Crippen LogP contribution in [0.1, 0.15) is 15.9 Å². The van der Waals surface area contributed by atoms with Crippen LogP contribution < -0.4 is 0 Å². The first-order chi connectivity index (χ1) is 6.75. The van der Waals surface area contributed by atoms with Crippen molar-refractivity contribution in [3.63, 3.8) is 0 Å². The van der Waals surface area contributed by atoms with E-state index < -0.39 is 0 Å². The van der Waals surface area contributed by atoms with Gasteiger partial charge in [0, 0.05) is 11.5 Å². The predicted molar refractivity (Wildman–Crippen MR) is 57.7 cm³/mol.